The number of benzene rings is 2. The minimum absolute atomic E-state index is 0.0738. The molecule has 0 saturated carbocycles. The van der Waals surface area contributed by atoms with E-state index in [2.05, 4.69) is 56.3 Å². The zero-order chi connectivity index (χ0) is 11.6. The second kappa shape index (κ2) is 4.24. The predicted octanol–water partition coefficient (Wildman–Crippen LogP) is 3.01. The summed E-state index contributed by atoms with van der Waals surface area (Å²) in [5.74, 6) is 5.20. The van der Waals surface area contributed by atoms with Gasteiger partial charge in [-0.2, -0.15) is 0 Å². The highest BCUT2D eigenvalue weighted by Crippen LogP contribution is 2.30. The van der Waals surface area contributed by atoms with Gasteiger partial charge in [-0.1, -0.05) is 56.3 Å². The topological polar surface area (TPSA) is 35.2 Å². The minimum Gasteiger partial charge on any atom is -0.304 e. The van der Waals surface area contributed by atoms with Crippen molar-refractivity contribution in [3.8, 4) is 0 Å². The largest absolute Gasteiger partial charge is 0.304 e. The number of hydrogen-bond acceptors (Lipinski definition) is 2. The molecule has 2 heteroatoms. The molecule has 0 heterocycles. The minimum atomic E-state index is -0.0738. The molecule has 0 unspecified atom stereocenters. The van der Waals surface area contributed by atoms with E-state index in [-0.39, 0.29) is 5.41 Å². The van der Waals surface area contributed by atoms with Gasteiger partial charge in [0.1, 0.15) is 0 Å². The highest BCUT2D eigenvalue weighted by Gasteiger charge is 2.22. The van der Waals surface area contributed by atoms with Gasteiger partial charge < -0.3 is 4.84 Å². The summed E-state index contributed by atoms with van der Waals surface area (Å²) in [6.45, 7) is 4.80. The summed E-state index contributed by atoms with van der Waals surface area (Å²) in [7, 11) is 0. The zero-order valence-corrected chi connectivity index (χ0v) is 9.73. The Bertz CT molecular complexity index is 486. The average Bonchev–Trinajstić information content (AvgIpc) is 2.28. The van der Waals surface area contributed by atoms with Crippen molar-refractivity contribution in [1.82, 2.24) is 0 Å². The molecule has 16 heavy (non-hydrogen) atoms. The van der Waals surface area contributed by atoms with Gasteiger partial charge >= 0.3 is 0 Å². The normalized spacial score (nSPS) is 11.9. The Hall–Kier alpha value is -1.38. The monoisotopic (exact) mass is 215 g/mol. The first-order valence-electron chi connectivity index (χ1n) is 5.45. The molecule has 2 nitrogen and oxygen atoms in total. The molecule has 2 aromatic carbocycles. The van der Waals surface area contributed by atoms with Crippen molar-refractivity contribution in [2.75, 3.05) is 6.61 Å². The Balaban J connectivity index is 2.60. The van der Waals surface area contributed by atoms with Crippen LogP contribution in [-0.4, -0.2) is 6.61 Å². The molecular weight excluding hydrogens is 198 g/mol. The Morgan fingerprint density at radius 2 is 1.75 bits per heavy atom. The van der Waals surface area contributed by atoms with Gasteiger partial charge in [0.05, 0.1) is 6.61 Å². The van der Waals surface area contributed by atoms with Crippen LogP contribution in [0.4, 0.5) is 0 Å². The summed E-state index contributed by atoms with van der Waals surface area (Å²) < 4.78 is 0. The highest BCUT2D eigenvalue weighted by atomic mass is 16.6. The summed E-state index contributed by atoms with van der Waals surface area (Å²) in [6.07, 6.45) is 0. The Morgan fingerprint density at radius 1 is 1.06 bits per heavy atom. The maximum Gasteiger partial charge on any atom is 0.0770 e. The molecule has 0 atom stereocenters. The molecule has 0 aliphatic heterocycles. The number of fused-ring (bicyclic) bond motifs is 1. The lowest BCUT2D eigenvalue weighted by atomic mass is 9.82. The van der Waals surface area contributed by atoms with Crippen molar-refractivity contribution in [3.63, 3.8) is 0 Å². The van der Waals surface area contributed by atoms with E-state index in [0.29, 0.717) is 6.61 Å². The fraction of sp³-hybridized carbons (Fsp3) is 0.286. The number of rotatable bonds is 3. The molecule has 0 aliphatic carbocycles. The quantitative estimate of drug-likeness (QED) is 0.799. The second-order valence-corrected chi connectivity index (χ2v) is 4.72. The van der Waals surface area contributed by atoms with Crippen molar-refractivity contribution in [1.29, 1.82) is 0 Å². The lowest BCUT2D eigenvalue weighted by molar-refractivity contribution is 0.0969. The van der Waals surface area contributed by atoms with Gasteiger partial charge in [0.15, 0.2) is 0 Å². The van der Waals surface area contributed by atoms with Gasteiger partial charge in [0.2, 0.25) is 0 Å². The molecule has 0 amide bonds. The fourth-order valence-corrected chi connectivity index (χ4v) is 2.10. The third kappa shape index (κ3) is 1.94. The van der Waals surface area contributed by atoms with E-state index < -0.39 is 0 Å². The first-order chi connectivity index (χ1) is 7.65. The molecule has 0 saturated heterocycles. The van der Waals surface area contributed by atoms with Crippen LogP contribution in [0.3, 0.4) is 0 Å². The van der Waals surface area contributed by atoms with Crippen LogP contribution in [0.25, 0.3) is 10.8 Å². The standard InChI is InChI=1S/C14H17NO/c1-14(2,10-16-15)13-9-5-7-11-6-3-4-8-12(11)13/h3-9H,10,15H2,1-2H3. The summed E-state index contributed by atoms with van der Waals surface area (Å²) in [6, 6.07) is 14.7. The molecule has 0 radical (unpaired) electrons. The summed E-state index contributed by atoms with van der Waals surface area (Å²) in [4.78, 5) is 4.81. The van der Waals surface area contributed by atoms with Crippen LogP contribution in [0, 0.1) is 0 Å². The maximum atomic E-state index is 5.20. The van der Waals surface area contributed by atoms with E-state index >= 15 is 0 Å². The molecule has 0 spiro atoms. The lowest BCUT2D eigenvalue weighted by Crippen LogP contribution is -2.26. The first kappa shape index (κ1) is 11.1. The lowest BCUT2D eigenvalue weighted by Gasteiger charge is -2.25. The van der Waals surface area contributed by atoms with Crippen LogP contribution >= 0.6 is 0 Å². The highest BCUT2D eigenvalue weighted by molar-refractivity contribution is 5.86. The average molecular weight is 215 g/mol. The van der Waals surface area contributed by atoms with Crippen molar-refractivity contribution in [2.24, 2.45) is 5.90 Å². The van der Waals surface area contributed by atoms with Crippen molar-refractivity contribution >= 4 is 10.8 Å². The third-order valence-electron chi connectivity index (χ3n) is 2.96. The number of hydrogen-bond donors (Lipinski definition) is 1. The summed E-state index contributed by atoms with van der Waals surface area (Å²) >= 11 is 0. The zero-order valence-electron chi connectivity index (χ0n) is 9.73. The Morgan fingerprint density at radius 3 is 2.50 bits per heavy atom. The number of nitrogens with two attached hydrogens (primary N) is 1. The van der Waals surface area contributed by atoms with Crippen molar-refractivity contribution in [2.45, 2.75) is 19.3 Å². The van der Waals surface area contributed by atoms with Crippen LogP contribution in [-0.2, 0) is 10.3 Å². The molecule has 2 N–H and O–H groups in total. The summed E-state index contributed by atoms with van der Waals surface area (Å²) in [5.41, 5.74) is 1.20. The molecule has 2 aromatic rings. The van der Waals surface area contributed by atoms with Crippen molar-refractivity contribution in [3.05, 3.63) is 48.0 Å². The smallest absolute Gasteiger partial charge is 0.0770 e. The first-order valence-corrected chi connectivity index (χ1v) is 5.45. The van der Waals surface area contributed by atoms with Gasteiger partial charge in [-0.15, -0.1) is 0 Å². The molecule has 2 rings (SSSR count). The molecule has 0 bridgehead atoms. The Kier molecular flexibility index (Phi) is 2.95. The van der Waals surface area contributed by atoms with E-state index in [1.165, 1.54) is 16.3 Å². The molecule has 0 aromatic heterocycles. The molecule has 84 valence electrons. The van der Waals surface area contributed by atoms with E-state index in [0.717, 1.165) is 0 Å². The van der Waals surface area contributed by atoms with Gasteiger partial charge in [-0.05, 0) is 16.3 Å². The van der Waals surface area contributed by atoms with E-state index in [1.807, 2.05) is 0 Å². The molecule has 0 fully saturated rings. The molecular formula is C14H17NO. The third-order valence-corrected chi connectivity index (χ3v) is 2.96. The van der Waals surface area contributed by atoms with Gasteiger partial charge in [0.25, 0.3) is 0 Å². The van der Waals surface area contributed by atoms with Crippen LogP contribution in [0.5, 0.6) is 0 Å². The molecule has 0 aliphatic rings. The van der Waals surface area contributed by atoms with Gasteiger partial charge in [-0.3, -0.25) is 0 Å². The SMILES string of the molecule is CC(C)(CON)c1cccc2ccccc12. The van der Waals surface area contributed by atoms with Crippen LogP contribution in [0.15, 0.2) is 42.5 Å². The Labute approximate surface area is 96.0 Å². The van der Waals surface area contributed by atoms with Gasteiger partial charge in [0, 0.05) is 5.41 Å². The van der Waals surface area contributed by atoms with E-state index in [1.54, 1.807) is 0 Å². The van der Waals surface area contributed by atoms with Crippen LogP contribution < -0.4 is 5.90 Å². The van der Waals surface area contributed by atoms with Crippen LogP contribution in [0.2, 0.25) is 0 Å². The van der Waals surface area contributed by atoms with Crippen molar-refractivity contribution < 1.29 is 4.84 Å². The maximum absolute atomic E-state index is 5.20. The van der Waals surface area contributed by atoms with Gasteiger partial charge in [-0.25, -0.2) is 5.90 Å². The van der Waals surface area contributed by atoms with E-state index in [9.17, 15) is 0 Å². The van der Waals surface area contributed by atoms with Crippen LogP contribution in [0.1, 0.15) is 19.4 Å². The second-order valence-electron chi connectivity index (χ2n) is 4.72. The fourth-order valence-electron chi connectivity index (χ4n) is 2.10. The predicted molar refractivity (Wildman–Crippen MR) is 67.1 cm³/mol. The van der Waals surface area contributed by atoms with E-state index in [4.69, 9.17) is 10.7 Å². The summed E-state index contributed by atoms with van der Waals surface area (Å²) in [5, 5.41) is 2.53.